The Morgan fingerprint density at radius 1 is 1.46 bits per heavy atom. The number of pyridine rings is 1. The summed E-state index contributed by atoms with van der Waals surface area (Å²) in [6.07, 6.45) is 1.53. The molecule has 28 heavy (non-hydrogen) atoms. The number of hydrogen-bond acceptors (Lipinski definition) is 6. The van der Waals surface area contributed by atoms with Gasteiger partial charge in [-0.1, -0.05) is 17.0 Å². The molecule has 0 amide bonds. The summed E-state index contributed by atoms with van der Waals surface area (Å²) < 4.78 is 11.5. The van der Waals surface area contributed by atoms with E-state index in [4.69, 9.17) is 9.26 Å². The van der Waals surface area contributed by atoms with Crippen LogP contribution in [0.2, 0.25) is 0 Å². The number of esters is 1. The zero-order valence-corrected chi connectivity index (χ0v) is 16.3. The molecule has 0 aliphatic rings. The Kier molecular flexibility index (Phi) is 4.87. The first-order valence-corrected chi connectivity index (χ1v) is 8.74. The predicted molar refractivity (Wildman–Crippen MR) is 102 cm³/mol. The number of hydrogen-bond donors (Lipinski definition) is 2. The average Bonchev–Trinajstić information content (AvgIpc) is 3.21. The van der Waals surface area contributed by atoms with E-state index >= 15 is 0 Å². The molecule has 3 aromatic heterocycles. The van der Waals surface area contributed by atoms with Crippen LogP contribution in [0.4, 0.5) is 0 Å². The van der Waals surface area contributed by atoms with Gasteiger partial charge in [0.05, 0.1) is 17.7 Å². The van der Waals surface area contributed by atoms with E-state index in [0.717, 1.165) is 0 Å². The number of carbonyl (C=O) groups excluding carboxylic acids is 1. The molecule has 2 N–H and O–H groups in total. The maximum absolute atomic E-state index is 12.5. The first-order chi connectivity index (χ1) is 13.2. The summed E-state index contributed by atoms with van der Waals surface area (Å²) in [6.45, 7) is 6.81. The van der Waals surface area contributed by atoms with Crippen molar-refractivity contribution in [3.63, 3.8) is 0 Å². The normalized spacial score (nSPS) is 13.1. The van der Waals surface area contributed by atoms with Crippen LogP contribution in [0, 0.1) is 25.7 Å². The number of ether oxygens (including phenoxy) is 1. The molecule has 0 radical (unpaired) electrons. The summed E-state index contributed by atoms with van der Waals surface area (Å²) in [6, 6.07) is 1.59. The number of carbonyl (C=O) groups is 1. The minimum Gasteiger partial charge on any atom is -0.462 e. The van der Waals surface area contributed by atoms with Crippen LogP contribution in [0.5, 0.6) is 0 Å². The molecule has 0 fully saturated rings. The number of aryl methyl sites for hydroxylation is 3. The molecule has 8 heteroatoms. The van der Waals surface area contributed by atoms with Crippen molar-refractivity contribution in [2.45, 2.75) is 33.3 Å². The van der Waals surface area contributed by atoms with Crippen molar-refractivity contribution in [2.24, 2.45) is 7.05 Å². The second-order valence-electron chi connectivity index (χ2n) is 6.70. The van der Waals surface area contributed by atoms with Gasteiger partial charge in [-0.15, -0.1) is 0 Å². The van der Waals surface area contributed by atoms with Gasteiger partial charge in [0.2, 0.25) is 0 Å². The Bertz CT molecular complexity index is 1180. The maximum Gasteiger partial charge on any atom is 0.340 e. The van der Waals surface area contributed by atoms with Crippen molar-refractivity contribution in [1.82, 2.24) is 14.7 Å². The standard InChI is InChI=1S/C20H21N3O5/c1-6-27-19(25)15-12(3)21-17-16(15)13(10-23(5)18(17)24)7-8-20(4,26)14-9-11(2)28-22-14/h9-10,21,26H,6H2,1-5H3. The smallest absolute Gasteiger partial charge is 0.340 e. The van der Waals surface area contributed by atoms with E-state index in [1.54, 1.807) is 33.9 Å². The Labute approximate surface area is 161 Å². The minimum absolute atomic E-state index is 0.205. The second kappa shape index (κ2) is 7.02. The van der Waals surface area contributed by atoms with Crippen molar-refractivity contribution >= 4 is 16.9 Å². The molecule has 1 atom stereocenters. The van der Waals surface area contributed by atoms with Crippen LogP contribution in [-0.4, -0.2) is 32.4 Å². The number of H-pyrrole nitrogens is 1. The van der Waals surface area contributed by atoms with Gasteiger partial charge in [-0.2, -0.15) is 0 Å². The lowest BCUT2D eigenvalue weighted by Crippen LogP contribution is -2.19. The monoisotopic (exact) mass is 383 g/mol. The van der Waals surface area contributed by atoms with Gasteiger partial charge in [-0.3, -0.25) is 4.79 Å². The Morgan fingerprint density at radius 3 is 2.79 bits per heavy atom. The lowest BCUT2D eigenvalue weighted by atomic mass is 10.0. The molecule has 0 saturated heterocycles. The van der Waals surface area contributed by atoms with E-state index in [0.29, 0.717) is 22.4 Å². The number of aromatic amines is 1. The fourth-order valence-electron chi connectivity index (χ4n) is 2.95. The minimum atomic E-state index is -1.58. The third-order valence-corrected chi connectivity index (χ3v) is 4.36. The van der Waals surface area contributed by atoms with E-state index < -0.39 is 11.6 Å². The molecule has 146 valence electrons. The van der Waals surface area contributed by atoms with Gasteiger partial charge in [-0.05, 0) is 27.7 Å². The highest BCUT2D eigenvalue weighted by Gasteiger charge is 2.25. The molecule has 0 spiro atoms. The Hall–Kier alpha value is -3.31. The van der Waals surface area contributed by atoms with Crippen LogP contribution >= 0.6 is 0 Å². The molecule has 0 aromatic carbocycles. The Balaban J connectivity index is 2.23. The van der Waals surface area contributed by atoms with Gasteiger partial charge in [0.25, 0.3) is 5.56 Å². The summed E-state index contributed by atoms with van der Waals surface area (Å²) in [7, 11) is 1.59. The molecule has 1 unspecified atom stereocenters. The highest BCUT2D eigenvalue weighted by Crippen LogP contribution is 2.25. The third-order valence-electron chi connectivity index (χ3n) is 4.36. The highest BCUT2D eigenvalue weighted by atomic mass is 16.5. The summed E-state index contributed by atoms with van der Waals surface area (Å²) in [4.78, 5) is 27.9. The van der Waals surface area contributed by atoms with E-state index in [9.17, 15) is 14.7 Å². The molecule has 3 aromatic rings. The quantitative estimate of drug-likeness (QED) is 0.528. The second-order valence-corrected chi connectivity index (χ2v) is 6.70. The van der Waals surface area contributed by atoms with Gasteiger partial charge < -0.3 is 23.9 Å². The van der Waals surface area contributed by atoms with Crippen LogP contribution in [0.1, 0.15) is 46.9 Å². The van der Waals surface area contributed by atoms with Crippen molar-refractivity contribution in [1.29, 1.82) is 0 Å². The average molecular weight is 383 g/mol. The SMILES string of the molecule is CCOC(=O)c1c(C)[nH]c2c(=O)n(C)cc(C#CC(C)(O)c3cc(C)on3)c12. The fourth-order valence-corrected chi connectivity index (χ4v) is 2.95. The largest absolute Gasteiger partial charge is 0.462 e. The van der Waals surface area contributed by atoms with Crippen LogP contribution in [0.3, 0.4) is 0 Å². The predicted octanol–water partition coefficient (Wildman–Crippen LogP) is 1.91. The zero-order chi connectivity index (χ0) is 20.6. The van der Waals surface area contributed by atoms with Crippen LogP contribution in [0.25, 0.3) is 10.9 Å². The van der Waals surface area contributed by atoms with Crippen molar-refractivity contribution in [3.8, 4) is 11.8 Å². The van der Waals surface area contributed by atoms with E-state index in [-0.39, 0.29) is 28.9 Å². The van der Waals surface area contributed by atoms with E-state index in [2.05, 4.69) is 22.0 Å². The van der Waals surface area contributed by atoms with Crippen molar-refractivity contribution < 1.29 is 19.2 Å². The fraction of sp³-hybridized carbons (Fsp3) is 0.350. The van der Waals surface area contributed by atoms with Crippen LogP contribution in [-0.2, 0) is 17.4 Å². The molecular weight excluding hydrogens is 362 g/mol. The molecule has 0 bridgehead atoms. The number of aliphatic hydroxyl groups is 1. The van der Waals surface area contributed by atoms with Crippen molar-refractivity contribution in [2.75, 3.05) is 6.61 Å². The van der Waals surface area contributed by atoms with E-state index in [1.165, 1.54) is 17.7 Å². The van der Waals surface area contributed by atoms with Gasteiger partial charge in [0.15, 0.2) is 5.60 Å². The first-order valence-electron chi connectivity index (χ1n) is 8.74. The molecule has 8 nitrogen and oxygen atoms in total. The van der Waals surface area contributed by atoms with Crippen molar-refractivity contribution in [3.05, 3.63) is 50.9 Å². The van der Waals surface area contributed by atoms with E-state index in [1.807, 2.05) is 0 Å². The summed E-state index contributed by atoms with van der Waals surface area (Å²) >= 11 is 0. The number of nitrogens with one attached hydrogen (secondary N) is 1. The topological polar surface area (TPSA) is 110 Å². The number of aromatic nitrogens is 3. The first kappa shape index (κ1) is 19.5. The molecular formula is C20H21N3O5. The van der Waals surface area contributed by atoms with Gasteiger partial charge in [-0.25, -0.2) is 4.79 Å². The van der Waals surface area contributed by atoms with Gasteiger partial charge in [0, 0.05) is 30.4 Å². The molecule has 0 aliphatic carbocycles. The Morgan fingerprint density at radius 2 is 2.18 bits per heavy atom. The summed E-state index contributed by atoms with van der Waals surface area (Å²) in [5.74, 6) is 5.65. The highest BCUT2D eigenvalue weighted by molar-refractivity contribution is 6.07. The molecule has 0 aliphatic heterocycles. The number of rotatable bonds is 3. The van der Waals surface area contributed by atoms with Gasteiger partial charge >= 0.3 is 5.97 Å². The summed E-state index contributed by atoms with van der Waals surface area (Å²) in [5.41, 5.74) is -0.160. The van der Waals surface area contributed by atoms with Crippen LogP contribution in [0.15, 0.2) is 21.6 Å². The zero-order valence-electron chi connectivity index (χ0n) is 16.3. The lowest BCUT2D eigenvalue weighted by Gasteiger charge is -2.12. The maximum atomic E-state index is 12.5. The number of fused-ring (bicyclic) bond motifs is 1. The summed E-state index contributed by atoms with van der Waals surface area (Å²) in [5, 5.41) is 14.8. The molecule has 3 heterocycles. The molecule has 3 rings (SSSR count). The van der Waals surface area contributed by atoms with Crippen LogP contribution < -0.4 is 5.56 Å². The third kappa shape index (κ3) is 3.32. The molecule has 0 saturated carbocycles. The number of nitrogens with zero attached hydrogens (tertiary/aromatic N) is 2. The van der Waals surface area contributed by atoms with Gasteiger partial charge in [0.1, 0.15) is 17.0 Å². The lowest BCUT2D eigenvalue weighted by molar-refractivity contribution is 0.0528.